The molecule has 26 heavy (non-hydrogen) atoms. The third-order valence-corrected chi connectivity index (χ3v) is 4.03. The molecule has 0 aliphatic carbocycles. The normalized spacial score (nSPS) is 12.1. The van der Waals surface area contributed by atoms with Gasteiger partial charge in [-0.1, -0.05) is 48.5 Å². The van der Waals surface area contributed by atoms with E-state index in [9.17, 15) is 9.18 Å². The fourth-order valence-electron chi connectivity index (χ4n) is 2.62. The summed E-state index contributed by atoms with van der Waals surface area (Å²) in [4.78, 5) is 15.8. The number of aromatic nitrogens is 1. The van der Waals surface area contributed by atoms with E-state index < -0.39 is 5.95 Å². The quantitative estimate of drug-likeness (QED) is 0.534. The zero-order valence-corrected chi connectivity index (χ0v) is 14.4. The molecule has 0 aliphatic rings. The highest BCUT2D eigenvalue weighted by Crippen LogP contribution is 2.22. The number of benzene rings is 2. The molecule has 1 N–H and O–H groups in total. The highest BCUT2D eigenvalue weighted by molar-refractivity contribution is 5.92. The van der Waals surface area contributed by atoms with Crippen molar-refractivity contribution in [3.63, 3.8) is 0 Å². The Morgan fingerprint density at radius 1 is 1.04 bits per heavy atom. The van der Waals surface area contributed by atoms with Crippen molar-refractivity contribution in [3.05, 3.63) is 96.1 Å². The van der Waals surface area contributed by atoms with Crippen LogP contribution in [0.3, 0.4) is 0 Å². The van der Waals surface area contributed by atoms with Crippen molar-refractivity contribution in [3.8, 4) is 11.1 Å². The average molecular weight is 346 g/mol. The lowest BCUT2D eigenvalue weighted by Crippen LogP contribution is -2.24. The summed E-state index contributed by atoms with van der Waals surface area (Å²) in [5.41, 5.74) is 3.70. The second-order valence-corrected chi connectivity index (χ2v) is 5.97. The van der Waals surface area contributed by atoms with Crippen LogP contribution in [0.15, 0.2) is 79.0 Å². The monoisotopic (exact) mass is 346 g/mol. The lowest BCUT2D eigenvalue weighted by molar-refractivity contribution is -0.117. The summed E-state index contributed by atoms with van der Waals surface area (Å²) >= 11 is 0. The summed E-state index contributed by atoms with van der Waals surface area (Å²) in [5, 5.41) is 2.95. The van der Waals surface area contributed by atoms with Crippen LogP contribution in [0.1, 0.15) is 24.1 Å². The van der Waals surface area contributed by atoms with E-state index in [2.05, 4.69) is 10.3 Å². The number of amides is 1. The molecule has 0 spiro atoms. The molecule has 0 saturated carbocycles. The summed E-state index contributed by atoms with van der Waals surface area (Å²) < 4.78 is 13.0. The lowest BCUT2D eigenvalue weighted by Gasteiger charge is -2.14. The third-order valence-electron chi connectivity index (χ3n) is 4.03. The van der Waals surface area contributed by atoms with E-state index >= 15 is 0 Å². The van der Waals surface area contributed by atoms with Gasteiger partial charge in [-0.2, -0.15) is 4.39 Å². The van der Waals surface area contributed by atoms with Crippen LogP contribution in [0.4, 0.5) is 4.39 Å². The van der Waals surface area contributed by atoms with Gasteiger partial charge in [-0.25, -0.2) is 4.98 Å². The van der Waals surface area contributed by atoms with E-state index in [4.69, 9.17) is 0 Å². The molecule has 1 aromatic heterocycles. The van der Waals surface area contributed by atoms with Gasteiger partial charge < -0.3 is 5.32 Å². The average Bonchev–Trinajstić information content (AvgIpc) is 2.68. The van der Waals surface area contributed by atoms with E-state index in [1.54, 1.807) is 12.1 Å². The third kappa shape index (κ3) is 4.63. The standard InChI is InChI=1S/C22H19FN2O/c1-16(25-22(26)13-10-17-6-3-2-4-7-17)18-8-5-9-19(14-18)20-11-12-21(23)24-15-20/h2-16H,1H3,(H,25,26)/t16-/m0/s1. The maximum Gasteiger partial charge on any atom is 0.244 e. The smallest absolute Gasteiger partial charge is 0.244 e. The second-order valence-electron chi connectivity index (χ2n) is 5.97. The molecule has 0 fully saturated rings. The van der Waals surface area contributed by atoms with Crippen LogP contribution in [-0.4, -0.2) is 10.9 Å². The maximum absolute atomic E-state index is 13.0. The Bertz CT molecular complexity index is 905. The Hall–Kier alpha value is -3.27. The first-order chi connectivity index (χ1) is 12.6. The Morgan fingerprint density at radius 3 is 2.58 bits per heavy atom. The van der Waals surface area contributed by atoms with Crippen molar-refractivity contribution in [2.75, 3.05) is 0 Å². The molecule has 1 amide bonds. The minimum Gasteiger partial charge on any atom is -0.346 e. The SMILES string of the molecule is C[C@H](NC(=O)C=Cc1ccccc1)c1cccc(-c2ccc(F)nc2)c1. The highest BCUT2D eigenvalue weighted by atomic mass is 19.1. The van der Waals surface area contributed by atoms with Crippen molar-refractivity contribution < 1.29 is 9.18 Å². The van der Waals surface area contributed by atoms with Gasteiger partial charge in [-0.3, -0.25) is 4.79 Å². The van der Waals surface area contributed by atoms with Gasteiger partial charge in [-0.15, -0.1) is 0 Å². The molecule has 3 aromatic rings. The van der Waals surface area contributed by atoms with Gasteiger partial charge in [0.1, 0.15) is 0 Å². The van der Waals surface area contributed by atoms with E-state index in [1.165, 1.54) is 18.3 Å². The molecule has 2 aromatic carbocycles. The first kappa shape index (κ1) is 17.5. The van der Waals surface area contributed by atoms with Crippen molar-refractivity contribution in [1.29, 1.82) is 0 Å². The minimum absolute atomic E-state index is 0.156. The maximum atomic E-state index is 13.0. The molecule has 1 atom stereocenters. The van der Waals surface area contributed by atoms with Gasteiger partial charge in [0.05, 0.1) is 6.04 Å². The van der Waals surface area contributed by atoms with E-state index in [-0.39, 0.29) is 11.9 Å². The molecule has 130 valence electrons. The van der Waals surface area contributed by atoms with Gasteiger partial charge in [0.15, 0.2) is 0 Å². The minimum atomic E-state index is -0.504. The molecule has 0 aliphatic heterocycles. The number of carbonyl (C=O) groups excluding carboxylic acids is 1. The van der Waals surface area contributed by atoms with E-state index in [0.717, 1.165) is 22.3 Å². The molecule has 1 heterocycles. The summed E-state index contributed by atoms with van der Waals surface area (Å²) in [7, 11) is 0. The van der Waals surface area contributed by atoms with Crippen LogP contribution in [0, 0.1) is 5.95 Å². The number of pyridine rings is 1. The number of rotatable bonds is 5. The zero-order chi connectivity index (χ0) is 18.4. The second kappa shape index (κ2) is 8.21. The number of hydrogen-bond acceptors (Lipinski definition) is 2. The number of carbonyl (C=O) groups is 1. The first-order valence-corrected chi connectivity index (χ1v) is 8.37. The van der Waals surface area contributed by atoms with Crippen molar-refractivity contribution in [1.82, 2.24) is 10.3 Å². The largest absolute Gasteiger partial charge is 0.346 e. The topological polar surface area (TPSA) is 42.0 Å². The van der Waals surface area contributed by atoms with Crippen molar-refractivity contribution in [2.24, 2.45) is 0 Å². The Morgan fingerprint density at radius 2 is 1.85 bits per heavy atom. The van der Waals surface area contributed by atoms with Gasteiger partial charge >= 0.3 is 0 Å². The predicted octanol–water partition coefficient (Wildman–Crippen LogP) is 4.78. The van der Waals surface area contributed by atoms with Gasteiger partial charge in [0.25, 0.3) is 0 Å². The lowest BCUT2D eigenvalue weighted by atomic mass is 10.0. The number of nitrogens with one attached hydrogen (secondary N) is 1. The molecule has 0 bridgehead atoms. The van der Waals surface area contributed by atoms with Crippen LogP contribution >= 0.6 is 0 Å². The van der Waals surface area contributed by atoms with Crippen LogP contribution in [0.2, 0.25) is 0 Å². The summed E-state index contributed by atoms with van der Waals surface area (Å²) in [6.07, 6.45) is 4.81. The van der Waals surface area contributed by atoms with E-state index in [0.29, 0.717) is 0 Å². The molecular weight excluding hydrogens is 327 g/mol. The van der Waals surface area contributed by atoms with Crippen LogP contribution in [0.25, 0.3) is 17.2 Å². The molecule has 3 rings (SSSR count). The van der Waals surface area contributed by atoms with Crippen LogP contribution in [-0.2, 0) is 4.79 Å². The number of halogens is 1. The fourth-order valence-corrected chi connectivity index (χ4v) is 2.62. The Kier molecular flexibility index (Phi) is 5.54. The van der Waals surface area contributed by atoms with Gasteiger partial charge in [0.2, 0.25) is 11.9 Å². The molecule has 4 heteroatoms. The Balaban J connectivity index is 1.69. The molecule has 3 nitrogen and oxygen atoms in total. The summed E-state index contributed by atoms with van der Waals surface area (Å²) in [5.74, 6) is -0.661. The molecular formula is C22H19FN2O. The van der Waals surface area contributed by atoms with Crippen molar-refractivity contribution in [2.45, 2.75) is 13.0 Å². The van der Waals surface area contributed by atoms with Gasteiger partial charge in [-0.05, 0) is 47.9 Å². The fraction of sp³-hybridized carbons (Fsp3) is 0.0909. The summed E-state index contributed by atoms with van der Waals surface area (Å²) in [6.45, 7) is 1.93. The first-order valence-electron chi connectivity index (χ1n) is 8.37. The molecule has 0 radical (unpaired) electrons. The molecule has 0 saturated heterocycles. The number of nitrogens with zero attached hydrogens (tertiary/aromatic N) is 1. The van der Waals surface area contributed by atoms with Crippen LogP contribution < -0.4 is 5.32 Å². The summed E-state index contributed by atoms with van der Waals surface area (Å²) in [6, 6.07) is 20.3. The predicted molar refractivity (Wildman–Crippen MR) is 102 cm³/mol. The highest BCUT2D eigenvalue weighted by Gasteiger charge is 2.09. The Labute approximate surface area is 152 Å². The van der Waals surface area contributed by atoms with Crippen LogP contribution in [0.5, 0.6) is 0 Å². The van der Waals surface area contributed by atoms with E-state index in [1.807, 2.05) is 61.5 Å². The number of hydrogen-bond donors (Lipinski definition) is 1. The zero-order valence-electron chi connectivity index (χ0n) is 14.4. The van der Waals surface area contributed by atoms with Gasteiger partial charge in [0, 0.05) is 17.8 Å². The molecule has 0 unspecified atom stereocenters. The van der Waals surface area contributed by atoms with Crippen molar-refractivity contribution >= 4 is 12.0 Å².